The number of anilines is 2. The highest BCUT2D eigenvalue weighted by Crippen LogP contribution is 2.40. The van der Waals surface area contributed by atoms with Gasteiger partial charge >= 0.3 is 5.69 Å². The van der Waals surface area contributed by atoms with Gasteiger partial charge < -0.3 is 10.2 Å². The van der Waals surface area contributed by atoms with Crippen LogP contribution in [-0.4, -0.2) is 29.5 Å². The topological polar surface area (TPSA) is 71.3 Å². The van der Waals surface area contributed by atoms with Gasteiger partial charge in [-0.3, -0.25) is 10.1 Å². The van der Waals surface area contributed by atoms with Gasteiger partial charge in [-0.1, -0.05) is 12.8 Å². The van der Waals surface area contributed by atoms with E-state index in [9.17, 15) is 10.1 Å². The highest BCUT2D eigenvalue weighted by Gasteiger charge is 2.36. The molecule has 1 N–H and O–H groups in total. The van der Waals surface area contributed by atoms with Crippen LogP contribution in [0.3, 0.4) is 0 Å². The number of aromatic nitrogens is 1. The van der Waals surface area contributed by atoms with Crippen molar-refractivity contribution < 1.29 is 4.92 Å². The predicted molar refractivity (Wildman–Crippen MR) is 82.8 cm³/mol. The summed E-state index contributed by atoms with van der Waals surface area (Å²) in [5.41, 5.74) is 0.124. The van der Waals surface area contributed by atoms with Crippen molar-refractivity contribution in [3.05, 3.63) is 22.2 Å². The maximum Gasteiger partial charge on any atom is 0.311 e. The maximum atomic E-state index is 11.3. The van der Waals surface area contributed by atoms with Gasteiger partial charge in [0.05, 0.1) is 4.92 Å². The number of rotatable bonds is 4. The molecule has 3 rings (SSSR count). The number of nitrogens with one attached hydrogen (secondary N) is 1. The Labute approximate surface area is 124 Å². The molecule has 1 aromatic heterocycles. The molecule has 0 spiro atoms. The van der Waals surface area contributed by atoms with E-state index in [4.69, 9.17) is 0 Å². The molecule has 0 bridgehead atoms. The lowest BCUT2D eigenvalue weighted by molar-refractivity contribution is -0.384. The Balaban J connectivity index is 1.95. The van der Waals surface area contributed by atoms with Crippen molar-refractivity contribution in [3.8, 4) is 0 Å². The minimum absolute atomic E-state index is 0.124. The van der Waals surface area contributed by atoms with E-state index in [1.54, 1.807) is 19.2 Å². The first-order valence-corrected chi connectivity index (χ1v) is 7.80. The molecule has 114 valence electrons. The Kier molecular flexibility index (Phi) is 3.94. The second-order valence-electron chi connectivity index (χ2n) is 5.99. The van der Waals surface area contributed by atoms with Crippen LogP contribution in [0.4, 0.5) is 17.3 Å². The lowest BCUT2D eigenvalue weighted by Gasteiger charge is -2.30. The summed E-state index contributed by atoms with van der Waals surface area (Å²) in [5, 5.41) is 14.3. The molecular weight excluding hydrogens is 268 g/mol. The van der Waals surface area contributed by atoms with Crippen LogP contribution in [0.15, 0.2) is 12.1 Å². The van der Waals surface area contributed by atoms with Crippen molar-refractivity contribution in [1.29, 1.82) is 0 Å². The fraction of sp³-hybridized carbons (Fsp3) is 0.667. The molecule has 1 saturated heterocycles. The number of nitrogens with zero attached hydrogens (tertiary/aromatic N) is 3. The molecule has 1 saturated carbocycles. The lowest BCUT2D eigenvalue weighted by Crippen LogP contribution is -2.35. The molecule has 1 unspecified atom stereocenters. The van der Waals surface area contributed by atoms with Crippen molar-refractivity contribution in [2.45, 2.75) is 44.6 Å². The van der Waals surface area contributed by atoms with Crippen molar-refractivity contribution >= 4 is 17.3 Å². The van der Waals surface area contributed by atoms with Gasteiger partial charge in [0.15, 0.2) is 0 Å². The van der Waals surface area contributed by atoms with Crippen LogP contribution < -0.4 is 10.2 Å². The molecule has 0 radical (unpaired) electrons. The number of nitro groups is 1. The van der Waals surface area contributed by atoms with E-state index in [-0.39, 0.29) is 10.6 Å². The highest BCUT2D eigenvalue weighted by atomic mass is 16.6. The van der Waals surface area contributed by atoms with Crippen LogP contribution in [-0.2, 0) is 0 Å². The van der Waals surface area contributed by atoms with Crippen LogP contribution in [0, 0.1) is 16.0 Å². The van der Waals surface area contributed by atoms with Gasteiger partial charge in [-0.05, 0) is 37.7 Å². The van der Waals surface area contributed by atoms with Crippen molar-refractivity contribution in [2.24, 2.45) is 5.92 Å². The van der Waals surface area contributed by atoms with Crippen LogP contribution in [0.25, 0.3) is 0 Å². The second-order valence-corrected chi connectivity index (χ2v) is 5.99. The molecule has 6 heteroatoms. The normalized spacial score (nSPS) is 22.7. The molecule has 0 aromatic carbocycles. The molecule has 0 amide bonds. The summed E-state index contributed by atoms with van der Waals surface area (Å²) in [5.74, 6) is 1.90. The van der Waals surface area contributed by atoms with Crippen LogP contribution >= 0.6 is 0 Å². The quantitative estimate of drug-likeness (QED) is 0.681. The summed E-state index contributed by atoms with van der Waals surface area (Å²) in [6, 6.07) is 3.66. The van der Waals surface area contributed by atoms with E-state index in [1.807, 2.05) is 0 Å². The van der Waals surface area contributed by atoms with E-state index in [2.05, 4.69) is 15.2 Å². The number of hydrogen-bond acceptors (Lipinski definition) is 5. The molecule has 21 heavy (non-hydrogen) atoms. The minimum Gasteiger partial charge on any atom is -0.373 e. The molecule has 2 heterocycles. The van der Waals surface area contributed by atoms with Crippen LogP contribution in [0.2, 0.25) is 0 Å². The Morgan fingerprint density at radius 3 is 2.71 bits per heavy atom. The van der Waals surface area contributed by atoms with Crippen LogP contribution in [0.1, 0.15) is 38.5 Å². The lowest BCUT2D eigenvalue weighted by atomic mass is 9.96. The first-order chi connectivity index (χ1) is 10.2. The summed E-state index contributed by atoms with van der Waals surface area (Å²) in [7, 11) is 1.79. The van der Waals surface area contributed by atoms with E-state index in [1.165, 1.54) is 25.7 Å². The summed E-state index contributed by atoms with van der Waals surface area (Å²) < 4.78 is 0. The van der Waals surface area contributed by atoms with Gasteiger partial charge in [0.25, 0.3) is 0 Å². The van der Waals surface area contributed by atoms with E-state index >= 15 is 0 Å². The molecule has 6 nitrogen and oxygen atoms in total. The first-order valence-electron chi connectivity index (χ1n) is 7.80. The Morgan fingerprint density at radius 2 is 2.05 bits per heavy atom. The minimum atomic E-state index is -0.314. The van der Waals surface area contributed by atoms with Crippen LogP contribution in [0.5, 0.6) is 0 Å². The van der Waals surface area contributed by atoms with Crippen molar-refractivity contribution in [2.75, 3.05) is 23.8 Å². The SMILES string of the molecule is CNc1ccc([N+](=O)[O-])c(N2CCCC2C2CCCC2)n1. The average molecular weight is 290 g/mol. The highest BCUT2D eigenvalue weighted by molar-refractivity contribution is 5.62. The predicted octanol–water partition coefficient (Wildman–Crippen LogP) is 3.19. The van der Waals surface area contributed by atoms with Gasteiger partial charge in [0, 0.05) is 25.7 Å². The van der Waals surface area contributed by atoms with E-state index < -0.39 is 0 Å². The fourth-order valence-corrected chi connectivity index (χ4v) is 3.82. The van der Waals surface area contributed by atoms with Crippen molar-refractivity contribution in [1.82, 2.24) is 4.98 Å². The Bertz CT molecular complexity index is 528. The third kappa shape index (κ3) is 2.66. The third-order valence-electron chi connectivity index (χ3n) is 4.82. The zero-order valence-electron chi connectivity index (χ0n) is 12.4. The number of pyridine rings is 1. The first kappa shape index (κ1) is 14.1. The van der Waals surface area contributed by atoms with Gasteiger partial charge in [-0.2, -0.15) is 0 Å². The van der Waals surface area contributed by atoms with Gasteiger partial charge in [0.1, 0.15) is 5.82 Å². The molecule has 1 aliphatic heterocycles. The fourth-order valence-electron chi connectivity index (χ4n) is 3.82. The van der Waals surface area contributed by atoms with Gasteiger partial charge in [-0.25, -0.2) is 4.98 Å². The zero-order valence-corrected chi connectivity index (χ0v) is 12.4. The van der Waals surface area contributed by atoms with Gasteiger partial charge in [0.2, 0.25) is 5.82 Å². The van der Waals surface area contributed by atoms with Crippen molar-refractivity contribution in [3.63, 3.8) is 0 Å². The molecule has 1 aliphatic carbocycles. The van der Waals surface area contributed by atoms with Gasteiger partial charge in [-0.15, -0.1) is 0 Å². The molecular formula is C15H22N4O2. The monoisotopic (exact) mass is 290 g/mol. The number of hydrogen-bond donors (Lipinski definition) is 1. The largest absolute Gasteiger partial charge is 0.373 e. The standard InChI is InChI=1S/C15H22N4O2/c1-16-14-9-8-13(19(20)21)15(17-14)18-10-4-7-12(18)11-5-2-3-6-11/h8-9,11-12H,2-7,10H2,1H3,(H,16,17). The zero-order chi connectivity index (χ0) is 14.8. The van der Waals surface area contributed by atoms with E-state index in [0.29, 0.717) is 23.6 Å². The molecule has 2 aliphatic rings. The Morgan fingerprint density at radius 1 is 1.29 bits per heavy atom. The average Bonchev–Trinajstić information content (AvgIpc) is 3.16. The summed E-state index contributed by atoms with van der Waals surface area (Å²) in [6.07, 6.45) is 7.32. The third-order valence-corrected chi connectivity index (χ3v) is 4.82. The summed E-state index contributed by atoms with van der Waals surface area (Å²) >= 11 is 0. The Hall–Kier alpha value is -1.85. The molecule has 2 fully saturated rings. The second kappa shape index (κ2) is 5.87. The molecule has 1 aromatic rings. The molecule has 1 atom stereocenters. The summed E-state index contributed by atoms with van der Waals surface area (Å²) in [6.45, 7) is 0.877. The smallest absolute Gasteiger partial charge is 0.311 e. The van der Waals surface area contributed by atoms with E-state index in [0.717, 1.165) is 19.4 Å². The maximum absolute atomic E-state index is 11.3. The summed E-state index contributed by atoms with van der Waals surface area (Å²) in [4.78, 5) is 17.7.